The number of nitrogens with one attached hydrogen (secondary N) is 1. The normalized spacial score (nSPS) is 29.7. The molecule has 2 rings (SSSR count). The Morgan fingerprint density at radius 3 is 2.29 bits per heavy atom. The fourth-order valence-corrected chi connectivity index (χ4v) is 3.67. The molecule has 3 atom stereocenters. The molecule has 2 aliphatic rings. The molecule has 0 aromatic rings. The molecule has 1 saturated carbocycles. The molecule has 21 heavy (non-hydrogen) atoms. The molecule has 1 aliphatic carbocycles. The van der Waals surface area contributed by atoms with Gasteiger partial charge in [0.2, 0.25) is 5.91 Å². The van der Waals surface area contributed by atoms with Crippen molar-refractivity contribution in [2.75, 3.05) is 0 Å². The Morgan fingerprint density at radius 1 is 1.24 bits per heavy atom. The average molecular weight is 306 g/mol. The predicted molar refractivity (Wildman–Crippen MR) is 74.5 cm³/mol. The number of carbonyl (C=O) groups is 1. The minimum Gasteiger partial charge on any atom is -0.322 e. The van der Waals surface area contributed by atoms with Crippen molar-refractivity contribution in [2.24, 2.45) is 11.8 Å². The molecule has 1 aliphatic heterocycles. The Balaban J connectivity index is 2.17. The third kappa shape index (κ3) is 3.71. The number of amides is 1. The van der Waals surface area contributed by atoms with Crippen LogP contribution in [0.25, 0.3) is 0 Å². The van der Waals surface area contributed by atoms with E-state index >= 15 is 0 Å². The number of alkyl halides is 3. The van der Waals surface area contributed by atoms with E-state index in [0.29, 0.717) is 0 Å². The van der Waals surface area contributed by atoms with Gasteiger partial charge in [-0.25, -0.2) is 0 Å². The van der Waals surface area contributed by atoms with E-state index in [4.69, 9.17) is 0 Å². The van der Waals surface area contributed by atoms with Crippen LogP contribution in [0, 0.1) is 11.8 Å². The summed E-state index contributed by atoms with van der Waals surface area (Å²) >= 11 is 0. The number of carbonyl (C=O) groups excluding carboxylic acids is 1. The molecule has 1 heterocycles. The van der Waals surface area contributed by atoms with Crippen molar-refractivity contribution in [1.29, 1.82) is 0 Å². The van der Waals surface area contributed by atoms with E-state index in [1.165, 1.54) is 11.8 Å². The van der Waals surface area contributed by atoms with Crippen molar-refractivity contribution < 1.29 is 18.0 Å². The highest BCUT2D eigenvalue weighted by molar-refractivity contribution is 5.85. The molecular weight excluding hydrogens is 281 g/mol. The largest absolute Gasteiger partial charge is 0.391 e. The van der Waals surface area contributed by atoms with Gasteiger partial charge in [-0.1, -0.05) is 26.7 Å². The molecule has 0 aromatic heterocycles. The van der Waals surface area contributed by atoms with Crippen LogP contribution >= 0.6 is 0 Å². The van der Waals surface area contributed by atoms with E-state index in [0.717, 1.165) is 25.7 Å². The van der Waals surface area contributed by atoms with Gasteiger partial charge in [-0.2, -0.15) is 13.2 Å². The highest BCUT2D eigenvalue weighted by atomic mass is 19.4. The molecule has 0 aromatic carbocycles. The standard InChI is InChI=1S/C15H25F3N2O/c1-9(2)12-14(21)20(10(3)8-15(16,17)18)13(19-12)11-6-4-5-7-11/h9-13,19H,4-8H2,1-3H3. The van der Waals surface area contributed by atoms with Gasteiger partial charge >= 0.3 is 6.18 Å². The number of hydrogen-bond acceptors (Lipinski definition) is 2. The molecule has 1 N–H and O–H groups in total. The summed E-state index contributed by atoms with van der Waals surface area (Å²) in [4.78, 5) is 14.0. The Hall–Kier alpha value is -0.780. The Bertz CT molecular complexity index is 378. The van der Waals surface area contributed by atoms with E-state index in [-0.39, 0.29) is 30.0 Å². The second-order valence-electron chi connectivity index (χ2n) is 6.79. The highest BCUT2D eigenvalue weighted by Gasteiger charge is 2.47. The number of rotatable bonds is 4. The van der Waals surface area contributed by atoms with E-state index in [9.17, 15) is 18.0 Å². The van der Waals surface area contributed by atoms with Crippen LogP contribution in [-0.4, -0.2) is 35.2 Å². The number of halogens is 3. The SMILES string of the molecule is CC(C)C1NC(C2CCCC2)N(C(C)CC(F)(F)F)C1=O. The first-order valence-electron chi connectivity index (χ1n) is 7.85. The smallest absolute Gasteiger partial charge is 0.322 e. The minimum absolute atomic E-state index is 0.0875. The van der Waals surface area contributed by atoms with E-state index < -0.39 is 18.6 Å². The van der Waals surface area contributed by atoms with Crippen LogP contribution in [0.15, 0.2) is 0 Å². The monoisotopic (exact) mass is 306 g/mol. The average Bonchev–Trinajstić information content (AvgIpc) is 2.92. The van der Waals surface area contributed by atoms with Gasteiger partial charge in [-0.3, -0.25) is 10.1 Å². The molecule has 0 radical (unpaired) electrons. The Labute approximate surface area is 124 Å². The first-order valence-corrected chi connectivity index (χ1v) is 7.85. The summed E-state index contributed by atoms with van der Waals surface area (Å²) in [6.45, 7) is 5.37. The van der Waals surface area contributed by atoms with E-state index in [1.54, 1.807) is 0 Å². The third-order valence-electron chi connectivity index (χ3n) is 4.69. The Morgan fingerprint density at radius 2 is 1.81 bits per heavy atom. The number of hydrogen-bond donors (Lipinski definition) is 1. The van der Waals surface area contributed by atoms with Gasteiger partial charge in [0.15, 0.2) is 0 Å². The summed E-state index contributed by atoms with van der Waals surface area (Å²) in [7, 11) is 0. The van der Waals surface area contributed by atoms with Gasteiger partial charge < -0.3 is 4.90 Å². The molecule has 3 unspecified atom stereocenters. The van der Waals surface area contributed by atoms with Gasteiger partial charge in [-0.15, -0.1) is 0 Å². The van der Waals surface area contributed by atoms with Crippen molar-refractivity contribution >= 4 is 5.91 Å². The first kappa shape index (κ1) is 16.6. The van der Waals surface area contributed by atoms with Crippen LogP contribution in [-0.2, 0) is 4.79 Å². The molecule has 1 amide bonds. The van der Waals surface area contributed by atoms with Gasteiger partial charge in [0, 0.05) is 6.04 Å². The molecular formula is C15H25F3N2O. The van der Waals surface area contributed by atoms with Crippen LogP contribution in [0.1, 0.15) is 52.9 Å². The van der Waals surface area contributed by atoms with Gasteiger partial charge in [0.05, 0.1) is 18.6 Å². The second kappa shape index (κ2) is 6.15. The maximum atomic E-state index is 12.7. The van der Waals surface area contributed by atoms with Gasteiger partial charge in [0.25, 0.3) is 0 Å². The maximum Gasteiger partial charge on any atom is 0.391 e. The summed E-state index contributed by atoms with van der Waals surface area (Å²) < 4.78 is 38.1. The van der Waals surface area contributed by atoms with Gasteiger partial charge in [-0.05, 0) is 31.6 Å². The summed E-state index contributed by atoms with van der Waals surface area (Å²) in [5, 5.41) is 3.31. The quantitative estimate of drug-likeness (QED) is 0.864. The zero-order valence-corrected chi connectivity index (χ0v) is 12.9. The summed E-state index contributed by atoms with van der Waals surface area (Å²) in [6, 6.07) is -1.16. The predicted octanol–water partition coefficient (Wildman–Crippen LogP) is 3.30. The van der Waals surface area contributed by atoms with Crippen molar-refractivity contribution in [3.8, 4) is 0 Å². The van der Waals surface area contributed by atoms with Gasteiger partial charge in [0.1, 0.15) is 0 Å². The fraction of sp³-hybridized carbons (Fsp3) is 0.933. The van der Waals surface area contributed by atoms with Crippen LogP contribution in [0.5, 0.6) is 0 Å². The lowest BCUT2D eigenvalue weighted by Gasteiger charge is -2.34. The number of nitrogens with zero attached hydrogens (tertiary/aromatic N) is 1. The lowest BCUT2D eigenvalue weighted by atomic mass is 10.0. The maximum absolute atomic E-state index is 12.7. The third-order valence-corrected chi connectivity index (χ3v) is 4.69. The molecule has 3 nitrogen and oxygen atoms in total. The summed E-state index contributed by atoms with van der Waals surface area (Å²) in [6.07, 6.45) is -1.22. The molecule has 122 valence electrons. The lowest BCUT2D eigenvalue weighted by molar-refractivity contribution is -0.154. The molecule has 0 spiro atoms. The lowest BCUT2D eigenvalue weighted by Crippen LogP contribution is -2.48. The minimum atomic E-state index is -4.24. The zero-order chi connectivity index (χ0) is 15.8. The molecule has 6 heteroatoms. The van der Waals surface area contributed by atoms with Crippen LogP contribution in [0.3, 0.4) is 0 Å². The van der Waals surface area contributed by atoms with E-state index in [1.807, 2.05) is 13.8 Å². The molecule has 1 saturated heterocycles. The Kier molecular flexibility index (Phi) is 4.85. The fourth-order valence-electron chi connectivity index (χ4n) is 3.67. The second-order valence-corrected chi connectivity index (χ2v) is 6.79. The zero-order valence-electron chi connectivity index (χ0n) is 12.9. The van der Waals surface area contributed by atoms with Crippen molar-refractivity contribution in [3.63, 3.8) is 0 Å². The highest BCUT2D eigenvalue weighted by Crippen LogP contribution is 2.36. The van der Waals surface area contributed by atoms with Crippen molar-refractivity contribution in [3.05, 3.63) is 0 Å². The van der Waals surface area contributed by atoms with Crippen LogP contribution in [0.4, 0.5) is 13.2 Å². The van der Waals surface area contributed by atoms with Crippen molar-refractivity contribution in [2.45, 2.75) is 77.3 Å². The van der Waals surface area contributed by atoms with Crippen molar-refractivity contribution in [1.82, 2.24) is 10.2 Å². The van der Waals surface area contributed by atoms with Crippen LogP contribution in [0.2, 0.25) is 0 Å². The summed E-state index contributed by atoms with van der Waals surface area (Å²) in [5.41, 5.74) is 0. The van der Waals surface area contributed by atoms with E-state index in [2.05, 4.69) is 5.32 Å². The topological polar surface area (TPSA) is 32.3 Å². The summed E-state index contributed by atoms with van der Waals surface area (Å²) in [5.74, 6) is 0.205. The molecule has 0 bridgehead atoms. The van der Waals surface area contributed by atoms with Crippen LogP contribution < -0.4 is 5.32 Å². The first-order chi connectivity index (χ1) is 9.70. The molecule has 2 fully saturated rings.